The summed E-state index contributed by atoms with van der Waals surface area (Å²) in [6.45, 7) is 3.44. The fourth-order valence-electron chi connectivity index (χ4n) is 7.37. The van der Waals surface area contributed by atoms with Crippen molar-refractivity contribution in [3.05, 3.63) is 41.7 Å². The normalized spacial score (nSPS) is 25.7. The molecule has 0 spiro atoms. The number of nitrogens with zero attached hydrogens (tertiary/aromatic N) is 4. The van der Waals surface area contributed by atoms with Crippen molar-refractivity contribution >= 4 is 23.2 Å². The zero-order chi connectivity index (χ0) is 24.5. The van der Waals surface area contributed by atoms with Gasteiger partial charge in [-0.05, 0) is 94.0 Å². The van der Waals surface area contributed by atoms with E-state index < -0.39 is 5.91 Å². The first kappa shape index (κ1) is 23.7. The van der Waals surface area contributed by atoms with Gasteiger partial charge < -0.3 is 20.9 Å². The summed E-state index contributed by atoms with van der Waals surface area (Å²) in [7, 11) is 0. The number of carbonyl (C=O) groups excluding carboxylic acids is 1. The molecular weight excluding hydrogens is 448 g/mol. The number of hydrogen-bond acceptors (Lipinski definition) is 6. The molecule has 2 aliphatic carbocycles. The second-order valence-corrected chi connectivity index (χ2v) is 11.4. The third-order valence-corrected chi connectivity index (χ3v) is 9.30. The maximum Gasteiger partial charge on any atom is 0.271 e. The maximum atomic E-state index is 12.1. The highest BCUT2D eigenvalue weighted by molar-refractivity contribution is 5.96. The Labute approximate surface area is 214 Å². The van der Waals surface area contributed by atoms with Crippen LogP contribution in [-0.2, 0) is 0 Å². The molecule has 7 heteroatoms. The summed E-state index contributed by atoms with van der Waals surface area (Å²) in [5, 5.41) is 3.36. The van der Waals surface area contributed by atoms with Crippen LogP contribution in [-0.4, -0.2) is 52.5 Å². The topological polar surface area (TPSA) is 87.4 Å². The highest BCUT2D eigenvalue weighted by atomic mass is 16.1. The molecule has 0 bridgehead atoms. The Hall–Kier alpha value is -2.67. The smallest absolute Gasteiger partial charge is 0.271 e. The minimum Gasteiger partial charge on any atom is -0.364 e. The molecule has 4 fully saturated rings. The average Bonchev–Trinajstić information content (AvgIpc) is 3.62. The summed E-state index contributed by atoms with van der Waals surface area (Å²) in [4.78, 5) is 26.6. The van der Waals surface area contributed by atoms with Crippen molar-refractivity contribution in [1.82, 2.24) is 14.9 Å². The lowest BCUT2D eigenvalue weighted by atomic mass is 9.88. The number of anilines is 3. The van der Waals surface area contributed by atoms with Gasteiger partial charge in [-0.15, -0.1) is 0 Å². The number of nitrogens with two attached hydrogens (primary N) is 1. The third-order valence-electron chi connectivity index (χ3n) is 9.30. The van der Waals surface area contributed by atoms with Crippen LogP contribution in [0.15, 0.2) is 30.5 Å². The van der Waals surface area contributed by atoms with Crippen LogP contribution in [0.5, 0.6) is 0 Å². The zero-order valence-corrected chi connectivity index (χ0v) is 21.4. The predicted molar refractivity (Wildman–Crippen MR) is 144 cm³/mol. The molecule has 0 unspecified atom stereocenters. The van der Waals surface area contributed by atoms with Crippen molar-refractivity contribution in [2.75, 3.05) is 29.9 Å². The Morgan fingerprint density at radius 2 is 1.64 bits per heavy atom. The summed E-state index contributed by atoms with van der Waals surface area (Å²) in [6.07, 6.45) is 16.1. The van der Waals surface area contributed by atoms with Crippen LogP contribution < -0.4 is 16.0 Å². The van der Waals surface area contributed by atoms with E-state index in [2.05, 4.69) is 44.4 Å². The van der Waals surface area contributed by atoms with Crippen LogP contribution in [0.4, 0.5) is 17.3 Å². The minimum atomic E-state index is -0.556. The molecule has 2 atom stereocenters. The van der Waals surface area contributed by atoms with Gasteiger partial charge in [0.1, 0.15) is 5.82 Å². The van der Waals surface area contributed by atoms with Gasteiger partial charge in [-0.1, -0.05) is 31.4 Å². The Morgan fingerprint density at radius 3 is 2.39 bits per heavy atom. The van der Waals surface area contributed by atoms with E-state index in [0.717, 1.165) is 30.0 Å². The number of nitrogens with one attached hydrogen (secondary N) is 1. The van der Waals surface area contributed by atoms with Crippen molar-refractivity contribution in [1.29, 1.82) is 0 Å². The Kier molecular flexibility index (Phi) is 6.83. The molecule has 1 aromatic carbocycles. The van der Waals surface area contributed by atoms with Gasteiger partial charge in [0.15, 0.2) is 11.5 Å². The highest BCUT2D eigenvalue weighted by Crippen LogP contribution is 2.39. The minimum absolute atomic E-state index is 0.196. The number of carbonyl (C=O) groups is 1. The summed E-state index contributed by atoms with van der Waals surface area (Å²) in [5.41, 5.74) is 8.17. The number of rotatable bonds is 6. The van der Waals surface area contributed by atoms with Gasteiger partial charge in [0.05, 0.1) is 6.20 Å². The monoisotopic (exact) mass is 488 g/mol. The van der Waals surface area contributed by atoms with Crippen molar-refractivity contribution in [3.8, 4) is 0 Å². The van der Waals surface area contributed by atoms with Crippen LogP contribution in [0.25, 0.3) is 0 Å². The van der Waals surface area contributed by atoms with Gasteiger partial charge in [-0.3, -0.25) is 4.79 Å². The first-order valence-corrected chi connectivity index (χ1v) is 14.2. The standard InChI is InChI=1S/C29H40N6O/c30-28(36)27-29(33-26(19-31-27)35-16-4-6-22-5-3-9-25(22)35)32-23-12-10-20(11-13-23)21-14-17-34(18-15-21)24-7-1-2-8-24/h10-13,19,21-22,24-25H,1-9,14-18H2,(H2,30,36)(H,32,33)/t22-,25-/m1/s1. The van der Waals surface area contributed by atoms with E-state index in [9.17, 15) is 4.79 Å². The molecule has 0 radical (unpaired) electrons. The van der Waals surface area contributed by atoms with E-state index >= 15 is 0 Å². The number of piperidine rings is 2. The van der Waals surface area contributed by atoms with E-state index in [1.54, 1.807) is 6.20 Å². The molecule has 1 amide bonds. The number of hydrogen-bond donors (Lipinski definition) is 2. The summed E-state index contributed by atoms with van der Waals surface area (Å²) in [5.74, 6) is 2.13. The van der Waals surface area contributed by atoms with Gasteiger partial charge >= 0.3 is 0 Å². The number of benzene rings is 1. The lowest BCUT2D eigenvalue weighted by molar-refractivity contribution is 0.0996. The number of aromatic nitrogens is 2. The lowest BCUT2D eigenvalue weighted by Crippen LogP contribution is -2.43. The van der Waals surface area contributed by atoms with Crippen molar-refractivity contribution in [3.63, 3.8) is 0 Å². The van der Waals surface area contributed by atoms with Gasteiger partial charge in [0.2, 0.25) is 0 Å². The fraction of sp³-hybridized carbons (Fsp3) is 0.621. The number of amides is 1. The predicted octanol–water partition coefficient (Wildman–Crippen LogP) is 5.21. The molecule has 36 heavy (non-hydrogen) atoms. The van der Waals surface area contributed by atoms with E-state index in [0.29, 0.717) is 17.8 Å². The second kappa shape index (κ2) is 10.4. The molecule has 4 aliphatic rings. The first-order valence-electron chi connectivity index (χ1n) is 14.2. The molecule has 7 nitrogen and oxygen atoms in total. The molecule has 192 valence electrons. The first-order chi connectivity index (χ1) is 17.7. The molecular formula is C29H40N6O. The highest BCUT2D eigenvalue weighted by Gasteiger charge is 2.36. The zero-order valence-electron chi connectivity index (χ0n) is 21.4. The van der Waals surface area contributed by atoms with Gasteiger partial charge in [-0.25, -0.2) is 9.97 Å². The van der Waals surface area contributed by atoms with Gasteiger partial charge in [0.25, 0.3) is 5.91 Å². The molecule has 2 saturated heterocycles. The van der Waals surface area contributed by atoms with Gasteiger partial charge in [-0.2, -0.15) is 0 Å². The summed E-state index contributed by atoms with van der Waals surface area (Å²) < 4.78 is 0. The van der Waals surface area contributed by atoms with Crippen LogP contribution in [0, 0.1) is 5.92 Å². The maximum absolute atomic E-state index is 12.1. The Balaban J connectivity index is 1.15. The molecule has 1 aromatic heterocycles. The van der Waals surface area contributed by atoms with Crippen LogP contribution in [0.3, 0.4) is 0 Å². The molecule has 2 aromatic rings. The quantitative estimate of drug-likeness (QED) is 0.580. The fourth-order valence-corrected chi connectivity index (χ4v) is 7.37. The van der Waals surface area contributed by atoms with Crippen molar-refractivity contribution < 1.29 is 4.79 Å². The Morgan fingerprint density at radius 1 is 0.889 bits per heavy atom. The largest absolute Gasteiger partial charge is 0.364 e. The third kappa shape index (κ3) is 4.82. The van der Waals surface area contributed by atoms with Crippen LogP contribution in [0.1, 0.15) is 92.6 Å². The van der Waals surface area contributed by atoms with Crippen molar-refractivity contribution in [2.24, 2.45) is 11.7 Å². The molecule has 2 saturated carbocycles. The summed E-state index contributed by atoms with van der Waals surface area (Å²) >= 11 is 0. The molecule has 6 rings (SSSR count). The average molecular weight is 489 g/mol. The van der Waals surface area contributed by atoms with Crippen LogP contribution in [0.2, 0.25) is 0 Å². The van der Waals surface area contributed by atoms with E-state index in [1.807, 2.05) is 0 Å². The Bertz CT molecular complexity index is 1060. The SMILES string of the molecule is NC(=O)c1ncc(N2CCC[C@H]3CCC[C@H]32)nc1Nc1ccc(C2CCN(C3CCCC3)CC2)cc1. The van der Waals surface area contributed by atoms with Gasteiger partial charge in [0, 0.05) is 24.3 Å². The van der Waals surface area contributed by atoms with E-state index in [4.69, 9.17) is 10.7 Å². The summed E-state index contributed by atoms with van der Waals surface area (Å²) in [6, 6.07) is 10.0. The lowest BCUT2D eigenvalue weighted by Gasteiger charge is -2.38. The number of fused-ring (bicyclic) bond motifs is 1. The molecule has 3 N–H and O–H groups in total. The number of likely N-dealkylation sites (tertiary alicyclic amines) is 1. The van der Waals surface area contributed by atoms with Crippen molar-refractivity contribution in [2.45, 2.75) is 88.6 Å². The molecule has 3 heterocycles. The van der Waals surface area contributed by atoms with E-state index in [1.165, 1.54) is 89.3 Å². The molecule has 2 aliphatic heterocycles. The van der Waals surface area contributed by atoms with Crippen LogP contribution >= 0.6 is 0 Å². The second-order valence-electron chi connectivity index (χ2n) is 11.4. The number of primary amides is 1. The van der Waals surface area contributed by atoms with E-state index in [-0.39, 0.29) is 5.69 Å².